The Bertz CT molecular complexity index is 569. The van der Waals surface area contributed by atoms with E-state index in [0.717, 1.165) is 16.9 Å². The number of fused-ring (bicyclic) bond motifs is 1. The molecule has 0 N–H and O–H groups in total. The fourth-order valence-corrected chi connectivity index (χ4v) is 3.07. The minimum absolute atomic E-state index is 0.234. The molecule has 5 heteroatoms. The van der Waals surface area contributed by atoms with Gasteiger partial charge in [0.1, 0.15) is 5.69 Å². The van der Waals surface area contributed by atoms with E-state index in [1.165, 1.54) is 19.3 Å². The molecule has 0 amide bonds. The molecule has 96 valence electrons. The van der Waals surface area contributed by atoms with E-state index in [-0.39, 0.29) is 5.97 Å². The van der Waals surface area contributed by atoms with E-state index in [1.807, 2.05) is 23.1 Å². The zero-order chi connectivity index (χ0) is 12.5. The third-order valence-electron chi connectivity index (χ3n) is 3.54. The second-order valence-electron chi connectivity index (χ2n) is 4.70. The molecule has 2 heterocycles. The number of esters is 1. The van der Waals surface area contributed by atoms with E-state index < -0.39 is 0 Å². The van der Waals surface area contributed by atoms with E-state index in [1.54, 1.807) is 11.3 Å². The third kappa shape index (κ3) is 1.92. The highest BCUT2D eigenvalue weighted by Crippen LogP contribution is 2.31. The maximum atomic E-state index is 12.0. The van der Waals surface area contributed by atoms with Crippen LogP contribution < -0.4 is 0 Å². The number of hydrogen-bond acceptors (Lipinski definition) is 4. The third-order valence-corrected chi connectivity index (χ3v) is 4.30. The lowest BCUT2D eigenvalue weighted by Gasteiger charge is -2.26. The molecule has 0 aliphatic heterocycles. The summed E-state index contributed by atoms with van der Waals surface area (Å²) in [5.41, 5.74) is 3.41. The first-order valence-electron chi connectivity index (χ1n) is 6.39. The number of aromatic nitrogens is 2. The van der Waals surface area contributed by atoms with Crippen molar-refractivity contribution in [1.82, 2.24) is 9.55 Å². The van der Waals surface area contributed by atoms with Gasteiger partial charge in [0.25, 0.3) is 0 Å². The first kappa shape index (κ1) is 11.7. The highest BCUT2D eigenvalue weighted by atomic mass is 32.1. The fourth-order valence-electron chi connectivity index (χ4n) is 2.36. The Labute approximate surface area is 110 Å². The van der Waals surface area contributed by atoms with Gasteiger partial charge >= 0.3 is 5.97 Å². The quantitative estimate of drug-likeness (QED) is 0.797. The van der Waals surface area contributed by atoms with Crippen LogP contribution in [0.25, 0.3) is 10.3 Å². The summed E-state index contributed by atoms with van der Waals surface area (Å²) < 4.78 is 8.22. The Morgan fingerprint density at radius 1 is 1.61 bits per heavy atom. The molecule has 0 bridgehead atoms. The molecule has 0 saturated heterocycles. The van der Waals surface area contributed by atoms with E-state index in [2.05, 4.69) is 4.98 Å². The molecule has 0 aromatic carbocycles. The van der Waals surface area contributed by atoms with E-state index in [9.17, 15) is 4.79 Å². The molecule has 3 rings (SSSR count). The molecule has 2 aromatic heterocycles. The predicted octanol–water partition coefficient (Wildman–Crippen LogP) is 3.07. The SMILES string of the molecule is CCOC(=O)c1cc2scnc2n1CC1CCC1. The van der Waals surface area contributed by atoms with Gasteiger partial charge in [-0.2, -0.15) is 0 Å². The number of ether oxygens (including phenoxy) is 1. The van der Waals surface area contributed by atoms with Crippen LogP contribution in [0.5, 0.6) is 0 Å². The molecule has 1 saturated carbocycles. The molecule has 1 aliphatic carbocycles. The number of thiazole rings is 1. The Kier molecular flexibility index (Phi) is 3.07. The molecule has 0 radical (unpaired) electrons. The number of carbonyl (C=O) groups is 1. The van der Waals surface area contributed by atoms with Crippen molar-refractivity contribution in [3.05, 3.63) is 17.3 Å². The summed E-state index contributed by atoms with van der Waals surface area (Å²) >= 11 is 1.57. The molecule has 0 unspecified atom stereocenters. The van der Waals surface area contributed by atoms with Gasteiger partial charge in [0, 0.05) is 6.54 Å². The predicted molar refractivity (Wildman–Crippen MR) is 70.9 cm³/mol. The van der Waals surface area contributed by atoms with E-state index >= 15 is 0 Å². The minimum Gasteiger partial charge on any atom is -0.461 e. The van der Waals surface area contributed by atoms with Gasteiger partial charge in [-0.25, -0.2) is 9.78 Å². The van der Waals surface area contributed by atoms with Crippen molar-refractivity contribution >= 4 is 27.7 Å². The van der Waals surface area contributed by atoms with Crippen molar-refractivity contribution in [2.45, 2.75) is 32.7 Å². The summed E-state index contributed by atoms with van der Waals surface area (Å²) in [4.78, 5) is 16.3. The van der Waals surface area contributed by atoms with Crippen LogP contribution in [0.4, 0.5) is 0 Å². The lowest BCUT2D eigenvalue weighted by atomic mass is 9.85. The Balaban J connectivity index is 1.97. The van der Waals surface area contributed by atoms with Crippen molar-refractivity contribution in [2.24, 2.45) is 5.92 Å². The Morgan fingerprint density at radius 3 is 3.11 bits per heavy atom. The maximum Gasteiger partial charge on any atom is 0.355 e. The zero-order valence-electron chi connectivity index (χ0n) is 10.4. The van der Waals surface area contributed by atoms with Crippen LogP contribution in [0.15, 0.2) is 11.6 Å². The first-order chi connectivity index (χ1) is 8.79. The van der Waals surface area contributed by atoms with Crippen LogP contribution in [0.1, 0.15) is 36.7 Å². The normalized spacial score (nSPS) is 15.8. The molecule has 18 heavy (non-hydrogen) atoms. The summed E-state index contributed by atoms with van der Waals surface area (Å²) in [6, 6.07) is 1.91. The number of hydrogen-bond donors (Lipinski definition) is 0. The van der Waals surface area contributed by atoms with Crippen molar-refractivity contribution in [1.29, 1.82) is 0 Å². The van der Waals surface area contributed by atoms with Gasteiger partial charge in [0.05, 0.1) is 16.8 Å². The largest absolute Gasteiger partial charge is 0.461 e. The second-order valence-corrected chi connectivity index (χ2v) is 5.58. The monoisotopic (exact) mass is 264 g/mol. The molecule has 0 spiro atoms. The maximum absolute atomic E-state index is 12.0. The average Bonchev–Trinajstić information content (AvgIpc) is 2.84. The molecular formula is C13H16N2O2S. The van der Waals surface area contributed by atoms with Crippen LogP contribution in [0.2, 0.25) is 0 Å². The summed E-state index contributed by atoms with van der Waals surface area (Å²) in [6.07, 6.45) is 3.82. The minimum atomic E-state index is -0.234. The first-order valence-corrected chi connectivity index (χ1v) is 7.27. The van der Waals surface area contributed by atoms with Crippen molar-refractivity contribution in [3.63, 3.8) is 0 Å². The highest BCUT2D eigenvalue weighted by molar-refractivity contribution is 7.16. The number of rotatable bonds is 4. The zero-order valence-corrected chi connectivity index (χ0v) is 11.2. The molecule has 4 nitrogen and oxygen atoms in total. The molecule has 1 fully saturated rings. The van der Waals surface area contributed by atoms with E-state index in [0.29, 0.717) is 18.2 Å². The van der Waals surface area contributed by atoms with Crippen molar-refractivity contribution in [3.8, 4) is 0 Å². The van der Waals surface area contributed by atoms with Crippen molar-refractivity contribution < 1.29 is 9.53 Å². The number of carbonyl (C=O) groups excluding carboxylic acids is 1. The molecule has 1 aliphatic rings. The van der Waals surface area contributed by atoms with Gasteiger partial charge in [-0.15, -0.1) is 11.3 Å². The van der Waals surface area contributed by atoms with Crippen LogP contribution in [0.3, 0.4) is 0 Å². The standard InChI is InChI=1S/C13H16N2O2S/c1-2-17-13(16)10-6-11-12(14-8-18-11)15(10)7-9-4-3-5-9/h6,8-9H,2-5,7H2,1H3. The van der Waals surface area contributed by atoms with Gasteiger partial charge in [0.2, 0.25) is 0 Å². The smallest absolute Gasteiger partial charge is 0.355 e. The molecular weight excluding hydrogens is 248 g/mol. The summed E-state index contributed by atoms with van der Waals surface area (Å²) in [7, 11) is 0. The van der Waals surface area contributed by atoms with Crippen LogP contribution in [-0.4, -0.2) is 22.1 Å². The van der Waals surface area contributed by atoms with Gasteiger partial charge in [-0.3, -0.25) is 0 Å². The fraction of sp³-hybridized carbons (Fsp3) is 0.538. The van der Waals surface area contributed by atoms with Gasteiger partial charge in [-0.05, 0) is 31.7 Å². The summed E-state index contributed by atoms with van der Waals surface area (Å²) in [5, 5.41) is 0. The molecule has 2 aromatic rings. The van der Waals surface area contributed by atoms with Crippen LogP contribution in [-0.2, 0) is 11.3 Å². The van der Waals surface area contributed by atoms with Crippen LogP contribution in [0, 0.1) is 5.92 Å². The summed E-state index contributed by atoms with van der Waals surface area (Å²) in [5.74, 6) is 0.456. The molecule has 0 atom stereocenters. The highest BCUT2D eigenvalue weighted by Gasteiger charge is 2.24. The van der Waals surface area contributed by atoms with E-state index in [4.69, 9.17) is 4.74 Å². The number of nitrogens with zero attached hydrogens (tertiary/aromatic N) is 2. The topological polar surface area (TPSA) is 44.1 Å². The summed E-state index contributed by atoms with van der Waals surface area (Å²) in [6.45, 7) is 3.13. The Morgan fingerprint density at radius 2 is 2.44 bits per heavy atom. The lowest BCUT2D eigenvalue weighted by molar-refractivity contribution is 0.0512. The average molecular weight is 264 g/mol. The van der Waals surface area contributed by atoms with Crippen molar-refractivity contribution in [2.75, 3.05) is 6.61 Å². The van der Waals surface area contributed by atoms with Gasteiger partial charge < -0.3 is 9.30 Å². The van der Waals surface area contributed by atoms with Gasteiger partial charge in [-0.1, -0.05) is 6.42 Å². The van der Waals surface area contributed by atoms with Gasteiger partial charge in [0.15, 0.2) is 5.65 Å². The van der Waals surface area contributed by atoms with Crippen LogP contribution >= 0.6 is 11.3 Å². The second kappa shape index (κ2) is 4.72. The lowest BCUT2D eigenvalue weighted by Crippen LogP contribution is -2.21. The Hall–Kier alpha value is -1.36.